The van der Waals surface area contributed by atoms with E-state index in [2.05, 4.69) is 0 Å². The molecule has 0 saturated heterocycles. The summed E-state index contributed by atoms with van der Waals surface area (Å²) in [6.45, 7) is 3.57. The van der Waals surface area contributed by atoms with Crippen LogP contribution in [0.25, 0.3) is 0 Å². The van der Waals surface area contributed by atoms with E-state index in [0.717, 1.165) is 22.0 Å². The third-order valence-electron chi connectivity index (χ3n) is 4.00. The molecule has 24 heavy (non-hydrogen) atoms. The minimum Gasteiger partial charge on any atom is -0.486 e. The number of ether oxygens (including phenoxy) is 2. The fourth-order valence-electron chi connectivity index (χ4n) is 2.75. The number of benzene rings is 2. The van der Waals surface area contributed by atoms with Crippen molar-refractivity contribution >= 4 is 17.7 Å². The lowest BCUT2D eigenvalue weighted by molar-refractivity contribution is 0.0473. The third kappa shape index (κ3) is 3.51. The van der Waals surface area contributed by atoms with E-state index in [1.54, 1.807) is 11.8 Å². The van der Waals surface area contributed by atoms with Crippen molar-refractivity contribution in [1.82, 2.24) is 4.90 Å². The van der Waals surface area contributed by atoms with Gasteiger partial charge in [0.25, 0.3) is 5.91 Å². The molecule has 4 nitrogen and oxygen atoms in total. The lowest BCUT2D eigenvalue weighted by Gasteiger charge is -2.31. The fourth-order valence-corrected chi connectivity index (χ4v) is 3.34. The van der Waals surface area contributed by atoms with Gasteiger partial charge < -0.3 is 14.4 Å². The Hall–Kier alpha value is -2.14. The molecular formula is C19H21NO3S. The first-order valence-electron chi connectivity index (χ1n) is 8.03. The number of hydrogen-bond acceptors (Lipinski definition) is 4. The average Bonchev–Trinajstić information content (AvgIpc) is 2.65. The quantitative estimate of drug-likeness (QED) is 0.776. The summed E-state index contributed by atoms with van der Waals surface area (Å²) < 4.78 is 11.7. The summed E-state index contributed by atoms with van der Waals surface area (Å²) in [5, 5.41) is 0. The van der Waals surface area contributed by atoms with Crippen molar-refractivity contribution in [1.29, 1.82) is 0 Å². The van der Waals surface area contributed by atoms with E-state index in [1.165, 1.54) is 0 Å². The maximum atomic E-state index is 12.9. The minimum absolute atomic E-state index is 0.0323. The van der Waals surface area contributed by atoms with Gasteiger partial charge in [0, 0.05) is 11.4 Å². The number of nitrogens with zero attached hydrogens (tertiary/aromatic N) is 1. The smallest absolute Gasteiger partial charge is 0.255 e. The van der Waals surface area contributed by atoms with Crippen LogP contribution < -0.4 is 9.47 Å². The van der Waals surface area contributed by atoms with E-state index in [-0.39, 0.29) is 12.0 Å². The van der Waals surface area contributed by atoms with Gasteiger partial charge in [-0.1, -0.05) is 24.3 Å². The van der Waals surface area contributed by atoms with Gasteiger partial charge in [-0.25, -0.2) is 0 Å². The second-order valence-corrected chi connectivity index (χ2v) is 6.39. The molecule has 1 aliphatic heterocycles. The van der Waals surface area contributed by atoms with Gasteiger partial charge in [0.05, 0.1) is 12.1 Å². The summed E-state index contributed by atoms with van der Waals surface area (Å²) in [5.74, 6) is 1.53. The highest BCUT2D eigenvalue weighted by atomic mass is 32.2. The zero-order valence-corrected chi connectivity index (χ0v) is 14.7. The number of thioether (sulfide) groups is 1. The molecule has 1 unspecified atom stereocenters. The molecule has 0 aliphatic carbocycles. The van der Waals surface area contributed by atoms with Crippen molar-refractivity contribution in [2.45, 2.75) is 17.9 Å². The average molecular weight is 343 g/mol. The molecule has 1 aliphatic rings. The maximum Gasteiger partial charge on any atom is 0.255 e. The normalized spacial score (nSPS) is 15.8. The fraction of sp³-hybridized carbons (Fsp3) is 0.316. The van der Waals surface area contributed by atoms with Crippen molar-refractivity contribution in [2.75, 3.05) is 26.0 Å². The van der Waals surface area contributed by atoms with Crippen molar-refractivity contribution in [3.8, 4) is 11.5 Å². The Balaban J connectivity index is 1.72. The van der Waals surface area contributed by atoms with E-state index >= 15 is 0 Å². The summed E-state index contributed by atoms with van der Waals surface area (Å²) in [6.07, 6.45) is 1.82. The first-order chi connectivity index (χ1) is 11.7. The van der Waals surface area contributed by atoms with Crippen LogP contribution in [0.2, 0.25) is 0 Å². The second-order valence-electron chi connectivity index (χ2n) is 5.54. The Kier molecular flexibility index (Phi) is 5.30. The zero-order valence-electron chi connectivity index (χ0n) is 13.9. The van der Waals surface area contributed by atoms with E-state index < -0.39 is 0 Å². The van der Waals surface area contributed by atoms with E-state index in [1.807, 2.05) is 66.6 Å². The number of carbonyl (C=O) groups is 1. The molecule has 0 N–H and O–H groups in total. The Morgan fingerprint density at radius 3 is 2.62 bits per heavy atom. The second kappa shape index (κ2) is 7.62. The van der Waals surface area contributed by atoms with Crippen molar-refractivity contribution < 1.29 is 14.3 Å². The number of fused-ring (bicyclic) bond motifs is 1. The third-order valence-corrected chi connectivity index (χ3v) is 4.79. The monoisotopic (exact) mass is 343 g/mol. The lowest BCUT2D eigenvalue weighted by Crippen LogP contribution is -2.43. The highest BCUT2D eigenvalue weighted by molar-refractivity contribution is 7.98. The molecule has 0 fully saturated rings. The van der Waals surface area contributed by atoms with Crippen LogP contribution in [-0.2, 0) is 0 Å². The number of hydrogen-bond donors (Lipinski definition) is 0. The van der Waals surface area contributed by atoms with Crippen molar-refractivity contribution in [2.24, 2.45) is 0 Å². The molecule has 0 spiro atoms. The molecule has 0 saturated carbocycles. The molecule has 2 aromatic rings. The maximum absolute atomic E-state index is 12.9. The van der Waals surface area contributed by atoms with E-state index in [0.29, 0.717) is 19.7 Å². The van der Waals surface area contributed by atoms with Crippen LogP contribution in [0.1, 0.15) is 17.3 Å². The van der Waals surface area contributed by atoms with Crippen LogP contribution in [0.3, 0.4) is 0 Å². The molecule has 0 radical (unpaired) electrons. The highest BCUT2D eigenvalue weighted by Crippen LogP contribution is 2.31. The first kappa shape index (κ1) is 16.7. The topological polar surface area (TPSA) is 38.8 Å². The van der Waals surface area contributed by atoms with Crippen LogP contribution >= 0.6 is 11.8 Å². The van der Waals surface area contributed by atoms with Crippen molar-refractivity contribution in [3.63, 3.8) is 0 Å². The molecule has 3 rings (SSSR count). The molecule has 1 amide bonds. The standard InChI is InChI=1S/C19H21NO3S/c1-3-20(19(21)15-8-4-7-11-18(15)24-2)12-14-13-22-16-9-5-6-10-17(16)23-14/h4-11,14H,3,12-13H2,1-2H3. The predicted octanol–water partition coefficient (Wildman–Crippen LogP) is 3.71. The van der Waals surface area contributed by atoms with Crippen LogP contribution in [0.5, 0.6) is 11.5 Å². The number of carbonyl (C=O) groups excluding carboxylic acids is 1. The molecule has 1 heterocycles. The number of para-hydroxylation sites is 2. The predicted molar refractivity (Wildman–Crippen MR) is 96.2 cm³/mol. The molecule has 126 valence electrons. The number of amides is 1. The molecule has 5 heteroatoms. The van der Waals surface area contributed by atoms with Gasteiger partial charge in [-0.3, -0.25) is 4.79 Å². The van der Waals surface area contributed by atoms with Gasteiger partial charge in [-0.15, -0.1) is 11.8 Å². The van der Waals surface area contributed by atoms with Gasteiger partial charge in [0.1, 0.15) is 6.61 Å². The zero-order chi connectivity index (χ0) is 16.9. The van der Waals surface area contributed by atoms with E-state index in [9.17, 15) is 4.79 Å². The van der Waals surface area contributed by atoms with Gasteiger partial charge in [0.15, 0.2) is 17.6 Å². The molecule has 2 aromatic carbocycles. The minimum atomic E-state index is -0.162. The van der Waals surface area contributed by atoms with Crippen LogP contribution in [-0.4, -0.2) is 42.9 Å². The summed E-state index contributed by atoms with van der Waals surface area (Å²) >= 11 is 1.58. The summed E-state index contributed by atoms with van der Waals surface area (Å²) in [6, 6.07) is 15.3. The van der Waals surface area contributed by atoms with Crippen LogP contribution in [0.4, 0.5) is 0 Å². The summed E-state index contributed by atoms with van der Waals surface area (Å²) in [5.41, 5.74) is 0.740. The molecule has 1 atom stereocenters. The largest absolute Gasteiger partial charge is 0.486 e. The van der Waals surface area contributed by atoms with Gasteiger partial charge in [0.2, 0.25) is 0 Å². The van der Waals surface area contributed by atoms with Gasteiger partial charge in [-0.2, -0.15) is 0 Å². The van der Waals surface area contributed by atoms with Gasteiger partial charge >= 0.3 is 0 Å². The van der Waals surface area contributed by atoms with Gasteiger partial charge in [-0.05, 0) is 37.4 Å². The van der Waals surface area contributed by atoms with Crippen LogP contribution in [0, 0.1) is 0 Å². The number of likely N-dealkylation sites (N-methyl/N-ethyl adjacent to an activating group) is 1. The van der Waals surface area contributed by atoms with E-state index in [4.69, 9.17) is 9.47 Å². The molecule has 0 aromatic heterocycles. The Bertz CT molecular complexity index is 719. The first-order valence-corrected chi connectivity index (χ1v) is 9.26. The highest BCUT2D eigenvalue weighted by Gasteiger charge is 2.26. The van der Waals surface area contributed by atoms with Crippen molar-refractivity contribution in [3.05, 3.63) is 54.1 Å². The molecule has 0 bridgehead atoms. The Morgan fingerprint density at radius 1 is 1.17 bits per heavy atom. The SMILES string of the molecule is CCN(CC1COc2ccccc2O1)C(=O)c1ccccc1SC. The summed E-state index contributed by atoms with van der Waals surface area (Å²) in [4.78, 5) is 15.7. The lowest BCUT2D eigenvalue weighted by atomic mass is 10.2. The number of rotatable bonds is 5. The Morgan fingerprint density at radius 2 is 1.88 bits per heavy atom. The van der Waals surface area contributed by atoms with Crippen LogP contribution in [0.15, 0.2) is 53.4 Å². The molecular weight excluding hydrogens is 322 g/mol. The summed E-state index contributed by atoms with van der Waals surface area (Å²) in [7, 11) is 0. The Labute approximate surface area is 146 Å².